The Morgan fingerprint density at radius 3 is 2.76 bits per heavy atom. The standard InChI is InChI=1S/C11H12N4O6/c16-3-5-7(18)8(19)10(21-5)15-2-4-9(14-11(15)20)13-6(17)1-12-4/h1-2,5,7-8,10,16,18-19H,3H2,(H,13,14,17,20). The second-order valence-corrected chi connectivity index (χ2v) is 4.64. The molecule has 0 saturated carbocycles. The van der Waals surface area contributed by atoms with Crippen LogP contribution >= 0.6 is 0 Å². The first kappa shape index (κ1) is 13.8. The van der Waals surface area contributed by atoms with Crippen molar-refractivity contribution in [1.82, 2.24) is 19.5 Å². The lowest BCUT2D eigenvalue weighted by molar-refractivity contribution is -0.0547. The van der Waals surface area contributed by atoms with Gasteiger partial charge in [0.05, 0.1) is 12.8 Å². The van der Waals surface area contributed by atoms with E-state index in [1.165, 1.54) is 6.20 Å². The topological polar surface area (TPSA) is 151 Å². The molecule has 4 unspecified atom stereocenters. The summed E-state index contributed by atoms with van der Waals surface area (Å²) in [5.74, 6) is 0. The first-order valence-electron chi connectivity index (χ1n) is 6.12. The van der Waals surface area contributed by atoms with Gasteiger partial charge >= 0.3 is 5.69 Å². The highest BCUT2D eigenvalue weighted by Gasteiger charge is 2.43. The van der Waals surface area contributed by atoms with Crippen molar-refractivity contribution in [3.8, 4) is 0 Å². The van der Waals surface area contributed by atoms with Crippen LogP contribution in [-0.4, -0.2) is 59.8 Å². The molecule has 1 fully saturated rings. The van der Waals surface area contributed by atoms with E-state index in [0.717, 1.165) is 10.8 Å². The lowest BCUT2D eigenvalue weighted by Crippen LogP contribution is -2.36. The molecule has 1 saturated heterocycles. The van der Waals surface area contributed by atoms with E-state index in [1.807, 2.05) is 0 Å². The number of H-pyrrole nitrogens is 1. The van der Waals surface area contributed by atoms with E-state index in [9.17, 15) is 19.8 Å². The van der Waals surface area contributed by atoms with Crippen LogP contribution in [0.5, 0.6) is 0 Å². The fraction of sp³-hybridized carbons (Fsp3) is 0.455. The molecule has 0 amide bonds. The van der Waals surface area contributed by atoms with Gasteiger partial charge in [0.25, 0.3) is 5.56 Å². The Balaban J connectivity index is 2.09. The number of aliphatic hydroxyl groups is 3. The summed E-state index contributed by atoms with van der Waals surface area (Å²) < 4.78 is 6.20. The summed E-state index contributed by atoms with van der Waals surface area (Å²) in [7, 11) is 0. The maximum absolute atomic E-state index is 11.9. The maximum atomic E-state index is 11.9. The highest BCUT2D eigenvalue weighted by Crippen LogP contribution is 2.28. The second kappa shape index (κ2) is 5.00. The molecule has 21 heavy (non-hydrogen) atoms. The van der Waals surface area contributed by atoms with Crippen LogP contribution in [-0.2, 0) is 4.74 Å². The third kappa shape index (κ3) is 2.23. The number of aromatic amines is 1. The van der Waals surface area contributed by atoms with Crippen molar-refractivity contribution in [1.29, 1.82) is 0 Å². The first-order chi connectivity index (χ1) is 10.0. The number of rotatable bonds is 2. The van der Waals surface area contributed by atoms with Crippen molar-refractivity contribution in [2.75, 3.05) is 6.61 Å². The Morgan fingerprint density at radius 2 is 2.10 bits per heavy atom. The predicted octanol–water partition coefficient (Wildman–Crippen LogP) is -2.91. The zero-order valence-corrected chi connectivity index (χ0v) is 10.6. The van der Waals surface area contributed by atoms with E-state index in [-0.39, 0.29) is 11.2 Å². The highest BCUT2D eigenvalue weighted by atomic mass is 16.6. The van der Waals surface area contributed by atoms with Gasteiger partial charge in [0.1, 0.15) is 23.8 Å². The summed E-state index contributed by atoms with van der Waals surface area (Å²) >= 11 is 0. The Morgan fingerprint density at radius 1 is 1.33 bits per heavy atom. The molecule has 2 aromatic heterocycles. The van der Waals surface area contributed by atoms with Crippen molar-refractivity contribution in [2.45, 2.75) is 24.5 Å². The fourth-order valence-electron chi connectivity index (χ4n) is 2.21. The Bertz CT molecular complexity index is 786. The number of hydrogen-bond acceptors (Lipinski definition) is 8. The summed E-state index contributed by atoms with van der Waals surface area (Å²) in [6.45, 7) is -0.504. The molecule has 4 atom stereocenters. The smallest absolute Gasteiger partial charge is 0.351 e. The van der Waals surface area contributed by atoms with Crippen molar-refractivity contribution < 1.29 is 20.1 Å². The average Bonchev–Trinajstić information content (AvgIpc) is 2.74. The van der Waals surface area contributed by atoms with Gasteiger partial charge in [-0.05, 0) is 0 Å². The molecule has 4 N–H and O–H groups in total. The SMILES string of the molecule is O=c1cnc2cn(C3OC(CO)C(O)C3O)c(=O)nc2[nH]1. The molecular formula is C11H12N4O6. The van der Waals surface area contributed by atoms with Crippen LogP contribution < -0.4 is 11.2 Å². The number of nitrogens with zero attached hydrogens (tertiary/aromatic N) is 3. The van der Waals surface area contributed by atoms with Gasteiger partial charge in [-0.1, -0.05) is 0 Å². The van der Waals surface area contributed by atoms with Gasteiger partial charge in [0, 0.05) is 6.20 Å². The van der Waals surface area contributed by atoms with Gasteiger partial charge in [-0.3, -0.25) is 9.36 Å². The minimum absolute atomic E-state index is 0.00972. The Kier molecular flexibility index (Phi) is 3.29. The number of fused-ring (bicyclic) bond motifs is 1. The summed E-state index contributed by atoms with van der Waals surface area (Å²) in [6, 6.07) is 0. The molecule has 0 radical (unpaired) electrons. The molecule has 3 heterocycles. The molecule has 10 nitrogen and oxygen atoms in total. The molecule has 0 bridgehead atoms. The van der Waals surface area contributed by atoms with Crippen molar-refractivity contribution in [3.05, 3.63) is 33.2 Å². The van der Waals surface area contributed by atoms with E-state index in [4.69, 9.17) is 9.84 Å². The molecule has 3 rings (SSSR count). The Hall–Kier alpha value is -2.14. The summed E-state index contributed by atoms with van der Waals surface area (Å²) in [5.41, 5.74) is -1.07. The van der Waals surface area contributed by atoms with E-state index in [2.05, 4.69) is 15.0 Å². The lowest BCUT2D eigenvalue weighted by Gasteiger charge is -2.17. The summed E-state index contributed by atoms with van der Waals surface area (Å²) in [4.78, 5) is 32.9. The van der Waals surface area contributed by atoms with Crippen LogP contribution in [0.2, 0.25) is 0 Å². The second-order valence-electron chi connectivity index (χ2n) is 4.64. The lowest BCUT2D eigenvalue weighted by atomic mass is 10.1. The van der Waals surface area contributed by atoms with E-state index < -0.39 is 42.4 Å². The molecule has 0 aliphatic carbocycles. The predicted molar refractivity (Wildman–Crippen MR) is 67.4 cm³/mol. The van der Waals surface area contributed by atoms with Crippen molar-refractivity contribution >= 4 is 11.2 Å². The number of ether oxygens (including phenoxy) is 1. The largest absolute Gasteiger partial charge is 0.394 e. The quantitative estimate of drug-likeness (QED) is 0.460. The van der Waals surface area contributed by atoms with Gasteiger partial charge in [-0.2, -0.15) is 4.98 Å². The molecule has 112 valence electrons. The third-order valence-electron chi connectivity index (χ3n) is 3.29. The average molecular weight is 296 g/mol. The van der Waals surface area contributed by atoms with Crippen LogP contribution in [0.4, 0.5) is 0 Å². The van der Waals surface area contributed by atoms with Crippen LogP contribution in [0, 0.1) is 0 Å². The molecule has 1 aliphatic heterocycles. The molecule has 2 aromatic rings. The third-order valence-corrected chi connectivity index (χ3v) is 3.29. The van der Waals surface area contributed by atoms with Gasteiger partial charge in [-0.15, -0.1) is 0 Å². The summed E-state index contributed by atoms with van der Waals surface area (Å²) in [5, 5.41) is 28.6. The molecular weight excluding hydrogens is 284 g/mol. The number of aromatic nitrogens is 4. The zero-order chi connectivity index (χ0) is 15.1. The van der Waals surface area contributed by atoms with Crippen LogP contribution in [0.25, 0.3) is 11.2 Å². The van der Waals surface area contributed by atoms with E-state index >= 15 is 0 Å². The minimum atomic E-state index is -1.40. The van der Waals surface area contributed by atoms with Gasteiger partial charge < -0.3 is 25.0 Å². The Labute approximate surface area is 116 Å². The van der Waals surface area contributed by atoms with Crippen molar-refractivity contribution in [2.24, 2.45) is 0 Å². The van der Waals surface area contributed by atoms with Gasteiger partial charge in [0.15, 0.2) is 11.9 Å². The number of aliphatic hydroxyl groups excluding tert-OH is 3. The maximum Gasteiger partial charge on any atom is 0.351 e. The summed E-state index contributed by atoms with van der Waals surface area (Å²) in [6.07, 6.45) is -2.66. The van der Waals surface area contributed by atoms with Crippen LogP contribution in [0.1, 0.15) is 6.23 Å². The highest BCUT2D eigenvalue weighted by molar-refractivity contribution is 5.67. The fourth-order valence-corrected chi connectivity index (χ4v) is 2.21. The molecule has 1 aliphatic rings. The molecule has 0 spiro atoms. The first-order valence-corrected chi connectivity index (χ1v) is 6.12. The van der Waals surface area contributed by atoms with Crippen LogP contribution in [0.15, 0.2) is 22.0 Å². The van der Waals surface area contributed by atoms with Crippen LogP contribution in [0.3, 0.4) is 0 Å². The molecule has 0 aromatic carbocycles. The molecule has 10 heteroatoms. The van der Waals surface area contributed by atoms with Crippen molar-refractivity contribution in [3.63, 3.8) is 0 Å². The normalized spacial score (nSPS) is 29.1. The van der Waals surface area contributed by atoms with E-state index in [1.54, 1.807) is 0 Å². The monoisotopic (exact) mass is 296 g/mol. The minimum Gasteiger partial charge on any atom is -0.394 e. The number of hydrogen-bond donors (Lipinski definition) is 4. The van der Waals surface area contributed by atoms with Gasteiger partial charge in [-0.25, -0.2) is 9.78 Å². The number of nitrogens with one attached hydrogen (secondary N) is 1. The zero-order valence-electron chi connectivity index (χ0n) is 10.6. The van der Waals surface area contributed by atoms with E-state index in [0.29, 0.717) is 0 Å². The van der Waals surface area contributed by atoms with Gasteiger partial charge in [0.2, 0.25) is 0 Å².